The summed E-state index contributed by atoms with van der Waals surface area (Å²) in [6, 6.07) is 9.40. The van der Waals surface area contributed by atoms with Gasteiger partial charge in [0.2, 0.25) is 5.91 Å². The second-order valence-corrected chi connectivity index (χ2v) is 6.12. The molecular formula is C19H22N2O3. The lowest BCUT2D eigenvalue weighted by Gasteiger charge is -2.25. The first kappa shape index (κ1) is 16.3. The summed E-state index contributed by atoms with van der Waals surface area (Å²) in [5.41, 5.74) is 2.67. The van der Waals surface area contributed by atoms with E-state index in [9.17, 15) is 9.59 Å². The molecule has 5 nitrogen and oxygen atoms in total. The third-order valence-corrected chi connectivity index (χ3v) is 4.31. The van der Waals surface area contributed by atoms with Crippen molar-refractivity contribution in [2.24, 2.45) is 0 Å². The van der Waals surface area contributed by atoms with E-state index >= 15 is 0 Å². The molecule has 126 valence electrons. The average molecular weight is 326 g/mol. The number of nitrogens with zero attached hydrogens (tertiary/aromatic N) is 2. The SMILES string of the molecule is CCCCN(Cc1ccoc1)C(=O)CN1Cc2ccccc2C1=O. The Bertz CT molecular complexity index is 709. The Labute approximate surface area is 141 Å². The lowest BCUT2D eigenvalue weighted by atomic mass is 10.1. The molecule has 24 heavy (non-hydrogen) atoms. The first-order chi connectivity index (χ1) is 11.7. The van der Waals surface area contributed by atoms with E-state index in [1.54, 1.807) is 17.4 Å². The number of hydrogen-bond donors (Lipinski definition) is 0. The van der Waals surface area contributed by atoms with Gasteiger partial charge in [0.05, 0.1) is 12.5 Å². The number of unbranched alkanes of at least 4 members (excludes halogenated alkanes) is 1. The quantitative estimate of drug-likeness (QED) is 0.786. The van der Waals surface area contributed by atoms with Crippen molar-refractivity contribution in [3.63, 3.8) is 0 Å². The first-order valence-corrected chi connectivity index (χ1v) is 8.35. The van der Waals surface area contributed by atoms with Gasteiger partial charge in [-0.25, -0.2) is 0 Å². The monoisotopic (exact) mass is 326 g/mol. The van der Waals surface area contributed by atoms with E-state index < -0.39 is 0 Å². The number of carbonyl (C=O) groups excluding carboxylic acids is 2. The lowest BCUT2D eigenvalue weighted by Crippen LogP contribution is -2.40. The third-order valence-electron chi connectivity index (χ3n) is 4.31. The van der Waals surface area contributed by atoms with E-state index in [0.29, 0.717) is 25.2 Å². The van der Waals surface area contributed by atoms with E-state index in [4.69, 9.17) is 4.42 Å². The van der Waals surface area contributed by atoms with Crippen LogP contribution in [0.1, 0.15) is 41.3 Å². The average Bonchev–Trinajstić information content (AvgIpc) is 3.20. The second kappa shape index (κ2) is 7.34. The van der Waals surface area contributed by atoms with Gasteiger partial charge in [0.25, 0.3) is 5.91 Å². The molecular weight excluding hydrogens is 304 g/mol. The van der Waals surface area contributed by atoms with Crippen molar-refractivity contribution >= 4 is 11.8 Å². The van der Waals surface area contributed by atoms with Crippen LogP contribution in [0.3, 0.4) is 0 Å². The van der Waals surface area contributed by atoms with Crippen molar-refractivity contribution in [3.05, 3.63) is 59.5 Å². The molecule has 2 aromatic rings. The summed E-state index contributed by atoms with van der Waals surface area (Å²) in [7, 11) is 0. The standard InChI is InChI=1S/C19H22N2O3/c1-2-3-9-20(11-15-8-10-24-14-15)18(22)13-21-12-16-6-4-5-7-17(16)19(21)23/h4-8,10,14H,2-3,9,11-13H2,1H3. The van der Waals surface area contributed by atoms with Crippen molar-refractivity contribution in [1.29, 1.82) is 0 Å². The molecule has 1 aromatic heterocycles. The Morgan fingerprint density at radius 3 is 2.83 bits per heavy atom. The van der Waals surface area contributed by atoms with E-state index in [2.05, 4.69) is 6.92 Å². The van der Waals surface area contributed by atoms with Crippen LogP contribution in [0.25, 0.3) is 0 Å². The highest BCUT2D eigenvalue weighted by Crippen LogP contribution is 2.22. The molecule has 0 spiro atoms. The van der Waals surface area contributed by atoms with Crippen molar-refractivity contribution in [2.45, 2.75) is 32.9 Å². The number of furan rings is 1. The lowest BCUT2D eigenvalue weighted by molar-refractivity contribution is -0.132. The zero-order valence-corrected chi connectivity index (χ0v) is 13.9. The van der Waals surface area contributed by atoms with Crippen LogP contribution in [0.2, 0.25) is 0 Å². The molecule has 1 aliphatic rings. The second-order valence-electron chi connectivity index (χ2n) is 6.12. The van der Waals surface area contributed by atoms with Gasteiger partial charge in [0.15, 0.2) is 0 Å². The van der Waals surface area contributed by atoms with Crippen LogP contribution in [0.4, 0.5) is 0 Å². The molecule has 0 bridgehead atoms. The van der Waals surface area contributed by atoms with Crippen LogP contribution in [0.15, 0.2) is 47.3 Å². The van der Waals surface area contributed by atoms with E-state index in [0.717, 1.165) is 24.0 Å². The maximum absolute atomic E-state index is 12.7. The van der Waals surface area contributed by atoms with Gasteiger partial charge in [-0.05, 0) is 24.1 Å². The number of hydrogen-bond acceptors (Lipinski definition) is 3. The molecule has 2 heterocycles. The highest BCUT2D eigenvalue weighted by molar-refractivity contribution is 6.00. The Morgan fingerprint density at radius 1 is 1.29 bits per heavy atom. The first-order valence-electron chi connectivity index (χ1n) is 8.35. The molecule has 3 rings (SSSR count). The van der Waals surface area contributed by atoms with Crippen molar-refractivity contribution in [2.75, 3.05) is 13.1 Å². The molecule has 0 unspecified atom stereocenters. The van der Waals surface area contributed by atoms with Crippen molar-refractivity contribution in [3.8, 4) is 0 Å². The van der Waals surface area contributed by atoms with Gasteiger partial charge in [-0.1, -0.05) is 31.5 Å². The fraction of sp³-hybridized carbons (Fsp3) is 0.368. The van der Waals surface area contributed by atoms with Gasteiger partial charge >= 0.3 is 0 Å². The maximum atomic E-state index is 12.7. The number of amides is 2. The summed E-state index contributed by atoms with van der Waals surface area (Å²) < 4.78 is 5.09. The maximum Gasteiger partial charge on any atom is 0.254 e. The predicted molar refractivity (Wildman–Crippen MR) is 90.2 cm³/mol. The molecule has 0 atom stereocenters. The Balaban J connectivity index is 1.66. The Kier molecular flexibility index (Phi) is 4.99. The molecule has 0 saturated heterocycles. The largest absolute Gasteiger partial charge is 0.472 e. The van der Waals surface area contributed by atoms with Crippen LogP contribution in [0, 0.1) is 0 Å². The van der Waals surface area contributed by atoms with Gasteiger partial charge < -0.3 is 14.2 Å². The summed E-state index contributed by atoms with van der Waals surface area (Å²) in [5.74, 6) is -0.0801. The number of rotatable bonds is 7. The third kappa shape index (κ3) is 3.50. The highest BCUT2D eigenvalue weighted by atomic mass is 16.3. The van der Waals surface area contributed by atoms with Gasteiger partial charge in [-0.15, -0.1) is 0 Å². The fourth-order valence-electron chi connectivity index (χ4n) is 2.95. The van der Waals surface area contributed by atoms with Crippen molar-refractivity contribution in [1.82, 2.24) is 9.80 Å². The zero-order valence-electron chi connectivity index (χ0n) is 13.9. The molecule has 5 heteroatoms. The van der Waals surface area contributed by atoms with Crippen LogP contribution in [-0.2, 0) is 17.9 Å². The van der Waals surface area contributed by atoms with E-state index in [1.807, 2.05) is 35.2 Å². The fourth-order valence-corrected chi connectivity index (χ4v) is 2.95. The summed E-state index contributed by atoms with van der Waals surface area (Å²) in [4.78, 5) is 28.6. The normalized spacial score (nSPS) is 13.2. The summed E-state index contributed by atoms with van der Waals surface area (Å²) in [6.45, 7) is 3.93. The summed E-state index contributed by atoms with van der Waals surface area (Å²) in [5, 5.41) is 0. The topological polar surface area (TPSA) is 53.8 Å². The number of carbonyl (C=O) groups is 2. The molecule has 1 aliphatic heterocycles. The minimum Gasteiger partial charge on any atom is -0.472 e. The minimum absolute atomic E-state index is 0.0224. The Hall–Kier alpha value is -2.56. The Morgan fingerprint density at radius 2 is 2.12 bits per heavy atom. The molecule has 0 aliphatic carbocycles. The summed E-state index contributed by atoms with van der Waals surface area (Å²) in [6.07, 6.45) is 5.22. The highest BCUT2D eigenvalue weighted by Gasteiger charge is 2.29. The smallest absolute Gasteiger partial charge is 0.254 e. The van der Waals surface area contributed by atoms with Crippen molar-refractivity contribution < 1.29 is 14.0 Å². The summed E-state index contributed by atoms with van der Waals surface area (Å²) >= 11 is 0. The van der Waals surface area contributed by atoms with Gasteiger partial charge in [-0.3, -0.25) is 9.59 Å². The predicted octanol–water partition coefficient (Wildman–Crippen LogP) is 3.06. The van der Waals surface area contributed by atoms with Crippen LogP contribution in [0.5, 0.6) is 0 Å². The van der Waals surface area contributed by atoms with Crippen LogP contribution >= 0.6 is 0 Å². The molecule has 0 N–H and O–H groups in total. The molecule has 1 aromatic carbocycles. The van der Waals surface area contributed by atoms with Crippen LogP contribution < -0.4 is 0 Å². The van der Waals surface area contributed by atoms with Gasteiger partial charge in [0, 0.05) is 30.8 Å². The van der Waals surface area contributed by atoms with Crippen LogP contribution in [-0.4, -0.2) is 34.7 Å². The molecule has 0 fully saturated rings. The molecule has 2 amide bonds. The van der Waals surface area contributed by atoms with E-state index in [1.165, 1.54) is 0 Å². The van der Waals surface area contributed by atoms with Gasteiger partial charge in [0.1, 0.15) is 6.54 Å². The minimum atomic E-state index is -0.0577. The number of benzene rings is 1. The zero-order chi connectivity index (χ0) is 16.9. The number of fused-ring (bicyclic) bond motifs is 1. The molecule has 0 saturated carbocycles. The van der Waals surface area contributed by atoms with E-state index in [-0.39, 0.29) is 18.4 Å². The van der Waals surface area contributed by atoms with Gasteiger partial charge in [-0.2, -0.15) is 0 Å². The molecule has 0 radical (unpaired) electrons.